The van der Waals surface area contributed by atoms with E-state index in [-0.39, 0.29) is 59.7 Å². The summed E-state index contributed by atoms with van der Waals surface area (Å²) in [6.07, 6.45) is 2.42. The van der Waals surface area contributed by atoms with Crippen molar-refractivity contribution in [1.82, 2.24) is 10.6 Å². The van der Waals surface area contributed by atoms with E-state index in [0.29, 0.717) is 50.5 Å². The number of carbonyl (C=O) groups is 2. The number of hydrogen-bond acceptors (Lipinski definition) is 9. The molecule has 0 aliphatic rings. The highest BCUT2D eigenvalue weighted by Gasteiger charge is 2.31. The number of nitrogens with zero attached hydrogens (tertiary/aromatic N) is 1. The molecule has 4 rings (SSSR count). The molecule has 65 heavy (non-hydrogen) atoms. The fraction of sp³-hybridized carbons (Fsp3) is 0.536. The molecule has 0 aromatic heterocycles. The van der Waals surface area contributed by atoms with Crippen LogP contribution in [0.2, 0.25) is 0 Å². The van der Waals surface area contributed by atoms with Crippen molar-refractivity contribution in [2.75, 3.05) is 51.3 Å². The predicted molar refractivity (Wildman–Crippen MR) is 268 cm³/mol. The Morgan fingerprint density at radius 1 is 0.523 bits per heavy atom. The van der Waals surface area contributed by atoms with Crippen LogP contribution in [-0.2, 0) is 60.0 Å². The number of aryl methyl sites for hydroxylation is 2. The molecule has 0 amide bonds. The average molecular weight is 892 g/mol. The summed E-state index contributed by atoms with van der Waals surface area (Å²) in [5, 5.41) is 29.3. The SMILES string of the molecule is CN(c1ccc(Cc2ccccc2)cc1)C(C)(CNCCOC(=O)CCc1cc(C(C)(C)C)c(O)c(C(C)(C)C)c1)CNCCOC(=O)CCc1cc(C(C)(C)C)c(O)c(C(C)(C)C)c1. The summed E-state index contributed by atoms with van der Waals surface area (Å²) in [6.45, 7) is 29.9. The minimum Gasteiger partial charge on any atom is -0.507 e. The van der Waals surface area contributed by atoms with Crippen molar-refractivity contribution in [3.8, 4) is 11.5 Å². The van der Waals surface area contributed by atoms with Gasteiger partial charge >= 0.3 is 11.9 Å². The molecule has 0 aliphatic carbocycles. The van der Waals surface area contributed by atoms with Crippen LogP contribution in [0.4, 0.5) is 5.69 Å². The molecular formula is C56H81N3O6. The Kier molecular flexibility index (Phi) is 17.9. The standard InChI is InChI=1S/C56H81N3O6/c1-52(2,3)44-33-41(34-45(50(44)62)53(4,5)6)22-26-48(60)64-30-28-57-37-56(13,59(14)43-24-20-40(21-25-43)32-39-18-16-15-17-19-39)38-58-29-31-65-49(61)27-23-42-35-46(54(7,8)9)51(63)47(36-42)55(10,11)12/h15-21,24-25,33-36,57-58,62-63H,22-23,26-32,37-38H2,1-14H3. The summed E-state index contributed by atoms with van der Waals surface area (Å²) < 4.78 is 11.4. The van der Waals surface area contributed by atoms with E-state index in [2.05, 4.69) is 161 Å². The molecule has 0 radical (unpaired) electrons. The van der Waals surface area contributed by atoms with E-state index < -0.39 is 5.54 Å². The number of phenols is 2. The fourth-order valence-corrected chi connectivity index (χ4v) is 8.07. The first-order valence-electron chi connectivity index (χ1n) is 23.5. The first-order valence-corrected chi connectivity index (χ1v) is 23.5. The topological polar surface area (TPSA) is 120 Å². The lowest BCUT2D eigenvalue weighted by Crippen LogP contribution is -2.57. The van der Waals surface area contributed by atoms with E-state index >= 15 is 0 Å². The van der Waals surface area contributed by atoms with Gasteiger partial charge in [-0.15, -0.1) is 0 Å². The first-order chi connectivity index (χ1) is 30.2. The summed E-state index contributed by atoms with van der Waals surface area (Å²) in [6, 6.07) is 27.2. The molecule has 4 aromatic rings. The van der Waals surface area contributed by atoms with Crippen molar-refractivity contribution in [1.29, 1.82) is 0 Å². The van der Waals surface area contributed by atoms with Crippen molar-refractivity contribution >= 4 is 17.6 Å². The molecule has 0 unspecified atom stereocenters. The van der Waals surface area contributed by atoms with Crippen LogP contribution in [0.15, 0.2) is 78.9 Å². The Morgan fingerprint density at radius 2 is 0.877 bits per heavy atom. The molecule has 356 valence electrons. The van der Waals surface area contributed by atoms with Crippen LogP contribution >= 0.6 is 0 Å². The smallest absolute Gasteiger partial charge is 0.306 e. The van der Waals surface area contributed by atoms with Crippen LogP contribution in [0.5, 0.6) is 11.5 Å². The fourth-order valence-electron chi connectivity index (χ4n) is 8.07. The summed E-state index contributed by atoms with van der Waals surface area (Å²) in [4.78, 5) is 28.2. The van der Waals surface area contributed by atoms with Gasteiger partial charge in [-0.2, -0.15) is 0 Å². The normalized spacial score (nSPS) is 12.6. The van der Waals surface area contributed by atoms with Gasteiger partial charge in [0.15, 0.2) is 0 Å². The number of likely N-dealkylation sites (N-methyl/N-ethyl adjacent to an activating group) is 1. The van der Waals surface area contributed by atoms with Crippen molar-refractivity contribution in [3.05, 3.63) is 123 Å². The third-order valence-corrected chi connectivity index (χ3v) is 12.3. The Bertz CT molecular complexity index is 1990. The summed E-state index contributed by atoms with van der Waals surface area (Å²) in [5.74, 6) is 0.157. The average Bonchev–Trinajstić information content (AvgIpc) is 3.21. The van der Waals surface area contributed by atoms with Gasteiger partial charge in [-0.1, -0.05) is 150 Å². The molecule has 9 nitrogen and oxygen atoms in total. The number of esters is 2. The molecule has 0 heterocycles. The Balaban J connectivity index is 1.34. The van der Waals surface area contributed by atoms with Gasteiger partial charge in [-0.3, -0.25) is 9.59 Å². The van der Waals surface area contributed by atoms with Crippen LogP contribution in [0.3, 0.4) is 0 Å². The van der Waals surface area contributed by atoms with Gasteiger partial charge in [0.05, 0.1) is 5.54 Å². The molecule has 0 fully saturated rings. The maximum absolute atomic E-state index is 13.0. The zero-order valence-electron chi connectivity index (χ0n) is 42.3. The number of ether oxygens (including phenoxy) is 2. The lowest BCUT2D eigenvalue weighted by atomic mass is 9.78. The largest absolute Gasteiger partial charge is 0.507 e. The van der Waals surface area contributed by atoms with E-state index in [9.17, 15) is 19.8 Å². The van der Waals surface area contributed by atoms with Crippen LogP contribution in [0, 0.1) is 0 Å². The number of benzene rings is 4. The zero-order valence-corrected chi connectivity index (χ0v) is 42.3. The second-order valence-corrected chi connectivity index (χ2v) is 22.3. The molecule has 0 atom stereocenters. The van der Waals surface area contributed by atoms with Gasteiger partial charge in [0.1, 0.15) is 24.7 Å². The summed E-state index contributed by atoms with van der Waals surface area (Å²) in [5.41, 5.74) is 7.77. The molecule has 0 bridgehead atoms. The van der Waals surface area contributed by atoms with Gasteiger partial charge in [-0.05, 0) is 104 Å². The van der Waals surface area contributed by atoms with E-state index in [1.165, 1.54) is 11.1 Å². The molecular weight excluding hydrogens is 811 g/mol. The minimum atomic E-state index is -0.405. The second-order valence-electron chi connectivity index (χ2n) is 22.3. The number of hydrogen-bond donors (Lipinski definition) is 4. The van der Waals surface area contributed by atoms with E-state index in [0.717, 1.165) is 45.5 Å². The van der Waals surface area contributed by atoms with E-state index in [1.807, 2.05) is 30.3 Å². The molecule has 0 aliphatic heterocycles. The molecule has 0 spiro atoms. The highest BCUT2D eigenvalue weighted by atomic mass is 16.5. The number of nitrogens with one attached hydrogen (secondary N) is 2. The van der Waals surface area contributed by atoms with Crippen LogP contribution in [-0.4, -0.2) is 74.1 Å². The highest BCUT2D eigenvalue weighted by Crippen LogP contribution is 2.41. The van der Waals surface area contributed by atoms with Crippen molar-refractivity contribution < 1.29 is 29.3 Å². The Morgan fingerprint density at radius 3 is 1.23 bits per heavy atom. The third-order valence-electron chi connectivity index (χ3n) is 12.3. The van der Waals surface area contributed by atoms with Crippen molar-refractivity contribution in [2.45, 2.75) is 149 Å². The summed E-state index contributed by atoms with van der Waals surface area (Å²) >= 11 is 0. The van der Waals surface area contributed by atoms with Gasteiger partial charge in [0.25, 0.3) is 0 Å². The second kappa shape index (κ2) is 22.1. The van der Waals surface area contributed by atoms with Gasteiger partial charge < -0.3 is 35.2 Å². The van der Waals surface area contributed by atoms with E-state index in [1.54, 1.807) is 0 Å². The zero-order chi connectivity index (χ0) is 48.4. The highest BCUT2D eigenvalue weighted by molar-refractivity contribution is 5.70. The Hall–Kier alpha value is -4.86. The number of rotatable bonds is 20. The monoisotopic (exact) mass is 892 g/mol. The lowest BCUT2D eigenvalue weighted by molar-refractivity contribution is -0.144. The first kappa shape index (κ1) is 52.8. The van der Waals surface area contributed by atoms with E-state index in [4.69, 9.17) is 9.47 Å². The molecule has 4 aromatic carbocycles. The predicted octanol–water partition coefficient (Wildman–Crippen LogP) is 10.6. The number of anilines is 1. The molecule has 4 N–H and O–H groups in total. The maximum Gasteiger partial charge on any atom is 0.306 e. The minimum absolute atomic E-state index is 0.241. The van der Waals surface area contributed by atoms with Crippen LogP contribution in [0.1, 0.15) is 147 Å². The number of phenolic OH excluding ortho intramolecular Hbond substituents is 2. The third kappa shape index (κ3) is 15.6. The van der Waals surface area contributed by atoms with Crippen LogP contribution in [0.25, 0.3) is 0 Å². The van der Waals surface area contributed by atoms with Gasteiger partial charge in [0.2, 0.25) is 0 Å². The quantitative estimate of drug-likeness (QED) is 0.0508. The number of carbonyl (C=O) groups excluding carboxylic acids is 2. The van der Waals surface area contributed by atoms with Crippen molar-refractivity contribution in [3.63, 3.8) is 0 Å². The number of aromatic hydroxyl groups is 2. The maximum atomic E-state index is 13.0. The van der Waals surface area contributed by atoms with Gasteiger partial charge in [0, 0.05) is 51.8 Å². The molecule has 0 saturated carbocycles. The van der Waals surface area contributed by atoms with Gasteiger partial charge in [-0.25, -0.2) is 0 Å². The molecule has 9 heteroatoms. The lowest BCUT2D eigenvalue weighted by Gasteiger charge is -2.41. The van der Waals surface area contributed by atoms with Crippen molar-refractivity contribution in [2.24, 2.45) is 0 Å². The molecule has 0 saturated heterocycles. The summed E-state index contributed by atoms with van der Waals surface area (Å²) in [7, 11) is 2.09. The Labute approximate surface area is 391 Å². The van der Waals surface area contributed by atoms with Crippen LogP contribution < -0.4 is 15.5 Å².